The molecule has 14 heavy (non-hydrogen) atoms. The van der Waals surface area contributed by atoms with Crippen LogP contribution in [-0.4, -0.2) is 13.2 Å². The van der Waals surface area contributed by atoms with E-state index in [2.05, 4.69) is 31.3 Å². The highest BCUT2D eigenvalue weighted by Crippen LogP contribution is 2.41. The third kappa shape index (κ3) is 1.35. The van der Waals surface area contributed by atoms with Crippen molar-refractivity contribution in [3.63, 3.8) is 0 Å². The van der Waals surface area contributed by atoms with Crippen LogP contribution in [0.15, 0.2) is 18.2 Å². The van der Waals surface area contributed by atoms with E-state index in [0.29, 0.717) is 0 Å². The molecule has 0 aromatic heterocycles. The number of ether oxygens (including phenoxy) is 1. The summed E-state index contributed by atoms with van der Waals surface area (Å²) in [7, 11) is 0. The second-order valence-electron chi connectivity index (χ2n) is 4.35. The van der Waals surface area contributed by atoms with Gasteiger partial charge in [-0.15, -0.1) is 0 Å². The molecule has 1 N–H and O–H groups in total. The summed E-state index contributed by atoms with van der Waals surface area (Å²) >= 11 is 0. The molecule has 76 valence electrons. The molecular weight excluding hydrogens is 174 g/mol. The molecule has 0 fully saturated rings. The molecule has 1 aliphatic rings. The lowest BCUT2D eigenvalue weighted by atomic mass is 9.87. The predicted octanol–water partition coefficient (Wildman–Crippen LogP) is 2.79. The summed E-state index contributed by atoms with van der Waals surface area (Å²) in [6, 6.07) is 6.27. The Morgan fingerprint density at radius 3 is 2.93 bits per heavy atom. The number of para-hydroxylation sites is 1. The second-order valence-corrected chi connectivity index (χ2v) is 4.35. The van der Waals surface area contributed by atoms with E-state index in [0.717, 1.165) is 18.9 Å². The van der Waals surface area contributed by atoms with Crippen LogP contribution in [-0.2, 0) is 5.41 Å². The highest BCUT2D eigenvalue weighted by atomic mass is 16.5. The van der Waals surface area contributed by atoms with E-state index in [4.69, 9.17) is 4.74 Å². The first-order valence-electron chi connectivity index (χ1n) is 5.15. The molecule has 0 atom stereocenters. The summed E-state index contributed by atoms with van der Waals surface area (Å²) in [5, 5.41) is 3.42. The largest absolute Gasteiger partial charge is 0.492 e. The Morgan fingerprint density at radius 1 is 1.43 bits per heavy atom. The van der Waals surface area contributed by atoms with Crippen molar-refractivity contribution in [1.29, 1.82) is 0 Å². The Labute approximate surface area is 85.3 Å². The first-order valence-corrected chi connectivity index (χ1v) is 5.15. The minimum absolute atomic E-state index is 0.225. The van der Waals surface area contributed by atoms with Gasteiger partial charge in [-0.3, -0.25) is 0 Å². The lowest BCUT2D eigenvalue weighted by Gasteiger charge is -2.17. The molecule has 0 aliphatic carbocycles. The van der Waals surface area contributed by atoms with Gasteiger partial charge in [0.15, 0.2) is 0 Å². The maximum atomic E-state index is 5.58. The van der Waals surface area contributed by atoms with Gasteiger partial charge in [-0.25, -0.2) is 0 Å². The van der Waals surface area contributed by atoms with E-state index in [1.54, 1.807) is 0 Å². The maximum absolute atomic E-state index is 5.58. The first-order chi connectivity index (χ1) is 6.65. The minimum atomic E-state index is 0.225. The van der Waals surface area contributed by atoms with Crippen LogP contribution in [0.25, 0.3) is 0 Å². The zero-order valence-corrected chi connectivity index (χ0v) is 9.05. The fourth-order valence-electron chi connectivity index (χ4n) is 1.96. The van der Waals surface area contributed by atoms with Gasteiger partial charge in [0.05, 0.1) is 12.3 Å². The van der Waals surface area contributed by atoms with Crippen LogP contribution < -0.4 is 10.1 Å². The van der Waals surface area contributed by atoms with Gasteiger partial charge in [0.25, 0.3) is 0 Å². The predicted molar refractivity (Wildman–Crippen MR) is 59.1 cm³/mol. The Kier molecular flexibility index (Phi) is 2.14. The van der Waals surface area contributed by atoms with Crippen LogP contribution in [0.1, 0.15) is 26.3 Å². The Hall–Kier alpha value is -1.18. The lowest BCUT2D eigenvalue weighted by molar-refractivity contribution is 0.342. The van der Waals surface area contributed by atoms with Crippen LogP contribution in [0.3, 0.4) is 0 Å². The fraction of sp³-hybridized carbons (Fsp3) is 0.500. The standard InChI is InChI=1S/C12H17NO/c1-4-14-10-7-5-6-9-11(10)13-8-12(9,2)3/h5-7,13H,4,8H2,1-3H3. The fourth-order valence-corrected chi connectivity index (χ4v) is 1.96. The highest BCUT2D eigenvalue weighted by molar-refractivity contribution is 5.68. The van der Waals surface area contributed by atoms with Gasteiger partial charge >= 0.3 is 0 Å². The zero-order chi connectivity index (χ0) is 10.2. The van der Waals surface area contributed by atoms with E-state index in [9.17, 15) is 0 Å². The second kappa shape index (κ2) is 3.19. The summed E-state index contributed by atoms with van der Waals surface area (Å²) in [5.41, 5.74) is 2.77. The minimum Gasteiger partial charge on any atom is -0.492 e. The number of fused-ring (bicyclic) bond motifs is 1. The van der Waals surface area contributed by atoms with E-state index >= 15 is 0 Å². The molecule has 0 unspecified atom stereocenters. The molecule has 0 saturated carbocycles. The quantitative estimate of drug-likeness (QED) is 0.776. The number of nitrogens with one attached hydrogen (secondary N) is 1. The maximum Gasteiger partial charge on any atom is 0.142 e. The summed E-state index contributed by atoms with van der Waals surface area (Å²) in [4.78, 5) is 0. The van der Waals surface area contributed by atoms with Gasteiger partial charge in [0.1, 0.15) is 5.75 Å². The molecular formula is C12H17NO. The molecule has 0 saturated heterocycles. The monoisotopic (exact) mass is 191 g/mol. The average molecular weight is 191 g/mol. The SMILES string of the molecule is CCOc1cccc2c1NCC2(C)C. The number of rotatable bonds is 2. The highest BCUT2D eigenvalue weighted by Gasteiger charge is 2.31. The van der Waals surface area contributed by atoms with Gasteiger partial charge in [0, 0.05) is 12.0 Å². The van der Waals surface area contributed by atoms with Crippen molar-refractivity contribution in [2.24, 2.45) is 0 Å². The molecule has 1 aliphatic heterocycles. The Bertz CT molecular complexity index is 344. The normalized spacial score (nSPS) is 17.4. The van der Waals surface area contributed by atoms with Crippen molar-refractivity contribution in [3.8, 4) is 5.75 Å². The van der Waals surface area contributed by atoms with Gasteiger partial charge in [-0.05, 0) is 18.6 Å². The van der Waals surface area contributed by atoms with Gasteiger partial charge in [-0.1, -0.05) is 26.0 Å². The molecule has 0 radical (unpaired) electrons. The number of benzene rings is 1. The number of anilines is 1. The molecule has 0 spiro atoms. The zero-order valence-electron chi connectivity index (χ0n) is 9.05. The molecule has 2 heteroatoms. The molecule has 2 nitrogen and oxygen atoms in total. The lowest BCUT2D eigenvalue weighted by Crippen LogP contribution is -2.18. The summed E-state index contributed by atoms with van der Waals surface area (Å²) in [6.07, 6.45) is 0. The average Bonchev–Trinajstić information content (AvgIpc) is 2.45. The van der Waals surface area contributed by atoms with Crippen LogP contribution in [0.5, 0.6) is 5.75 Å². The first kappa shape index (κ1) is 9.38. The van der Waals surface area contributed by atoms with Gasteiger partial charge in [-0.2, -0.15) is 0 Å². The third-order valence-electron chi connectivity index (χ3n) is 2.76. The molecule has 0 amide bonds. The van der Waals surface area contributed by atoms with Crippen LogP contribution >= 0.6 is 0 Å². The summed E-state index contributed by atoms with van der Waals surface area (Å²) in [5.74, 6) is 0.982. The van der Waals surface area contributed by atoms with Gasteiger partial charge < -0.3 is 10.1 Å². The Balaban J connectivity index is 2.45. The van der Waals surface area contributed by atoms with Crippen LogP contribution in [0.4, 0.5) is 5.69 Å². The number of hydrogen-bond donors (Lipinski definition) is 1. The number of hydrogen-bond acceptors (Lipinski definition) is 2. The van der Waals surface area contributed by atoms with E-state index in [1.165, 1.54) is 11.3 Å². The van der Waals surface area contributed by atoms with Crippen molar-refractivity contribution in [2.75, 3.05) is 18.5 Å². The molecule has 1 aromatic rings. The van der Waals surface area contributed by atoms with E-state index in [-0.39, 0.29) is 5.41 Å². The molecule has 1 heterocycles. The van der Waals surface area contributed by atoms with E-state index in [1.807, 2.05) is 13.0 Å². The van der Waals surface area contributed by atoms with Crippen molar-refractivity contribution in [2.45, 2.75) is 26.2 Å². The smallest absolute Gasteiger partial charge is 0.142 e. The van der Waals surface area contributed by atoms with Crippen molar-refractivity contribution < 1.29 is 4.74 Å². The van der Waals surface area contributed by atoms with Crippen LogP contribution in [0.2, 0.25) is 0 Å². The van der Waals surface area contributed by atoms with Crippen molar-refractivity contribution in [3.05, 3.63) is 23.8 Å². The molecule has 0 bridgehead atoms. The Morgan fingerprint density at radius 2 is 2.21 bits per heavy atom. The van der Waals surface area contributed by atoms with Gasteiger partial charge in [0.2, 0.25) is 0 Å². The topological polar surface area (TPSA) is 21.3 Å². The third-order valence-corrected chi connectivity index (χ3v) is 2.76. The van der Waals surface area contributed by atoms with Crippen LogP contribution in [0, 0.1) is 0 Å². The van der Waals surface area contributed by atoms with Crippen molar-refractivity contribution >= 4 is 5.69 Å². The summed E-state index contributed by atoms with van der Waals surface area (Å²) in [6.45, 7) is 8.23. The molecule has 2 rings (SSSR count). The van der Waals surface area contributed by atoms with Crippen molar-refractivity contribution in [1.82, 2.24) is 0 Å². The molecule has 1 aromatic carbocycles. The van der Waals surface area contributed by atoms with E-state index < -0.39 is 0 Å². The summed E-state index contributed by atoms with van der Waals surface area (Å²) < 4.78 is 5.58.